The van der Waals surface area contributed by atoms with Crippen LogP contribution < -0.4 is 10.2 Å². The molecule has 0 fully saturated rings. The zero-order valence-corrected chi connectivity index (χ0v) is 8.70. The molecule has 0 amide bonds. The quantitative estimate of drug-likeness (QED) is 0.486. The number of carboxylic acids is 2. The standard InChI is InChI=1S/2C2HF3O2.Eu/c2*3-2(4,5)1(6)7;/h2*(H,6,7);/q;;+2/p-2. The van der Waals surface area contributed by atoms with Gasteiger partial charge in [0.1, 0.15) is 11.9 Å². The van der Waals surface area contributed by atoms with Crippen molar-refractivity contribution in [1.82, 2.24) is 0 Å². The molecule has 11 heteroatoms. The van der Waals surface area contributed by atoms with Crippen molar-refractivity contribution >= 4 is 11.9 Å². The number of carbonyl (C=O) groups excluding carboxylic acids is 2. The summed E-state index contributed by atoms with van der Waals surface area (Å²) >= 11 is 0. The topological polar surface area (TPSA) is 80.3 Å². The van der Waals surface area contributed by atoms with Crippen molar-refractivity contribution in [2.24, 2.45) is 0 Å². The maximum Gasteiger partial charge on any atom is 2.00 e. The summed E-state index contributed by atoms with van der Waals surface area (Å²) in [6.07, 6.45) is -10.4. The van der Waals surface area contributed by atoms with E-state index < -0.39 is 24.3 Å². The van der Waals surface area contributed by atoms with Crippen LogP contribution in [0, 0.1) is 49.4 Å². The first-order chi connectivity index (χ1) is 5.89. The predicted octanol–water partition coefficient (Wildman–Crippen LogP) is -1.40. The van der Waals surface area contributed by atoms with E-state index in [0.29, 0.717) is 0 Å². The van der Waals surface area contributed by atoms with E-state index >= 15 is 0 Å². The minimum Gasteiger partial charge on any atom is -0.542 e. The Morgan fingerprint density at radius 2 is 0.800 bits per heavy atom. The molecule has 15 heavy (non-hydrogen) atoms. The fourth-order valence-corrected chi connectivity index (χ4v) is 0. The summed E-state index contributed by atoms with van der Waals surface area (Å²) in [5.74, 6) is -6.01. The molecule has 0 aliphatic carbocycles. The number of alkyl halides is 6. The number of aliphatic carboxylic acids is 2. The van der Waals surface area contributed by atoms with Gasteiger partial charge in [0.05, 0.1) is 0 Å². The van der Waals surface area contributed by atoms with Gasteiger partial charge < -0.3 is 19.8 Å². The smallest absolute Gasteiger partial charge is 0.542 e. The monoisotopic (exact) mass is 379 g/mol. The van der Waals surface area contributed by atoms with Crippen LogP contribution in [-0.2, 0) is 9.59 Å². The minimum absolute atomic E-state index is 0. The Morgan fingerprint density at radius 3 is 0.800 bits per heavy atom. The zero-order valence-electron chi connectivity index (χ0n) is 6.28. The number of hydrogen-bond donors (Lipinski definition) is 0. The van der Waals surface area contributed by atoms with E-state index in [4.69, 9.17) is 19.8 Å². The first kappa shape index (κ1) is 20.5. The van der Waals surface area contributed by atoms with Crippen LogP contribution in [0.4, 0.5) is 26.3 Å². The van der Waals surface area contributed by atoms with Gasteiger partial charge in [-0.25, -0.2) is 0 Å². The van der Waals surface area contributed by atoms with E-state index in [9.17, 15) is 26.3 Å². The molecular weight excluding hydrogens is 378 g/mol. The first-order valence-electron chi connectivity index (χ1n) is 2.45. The molecule has 1 radical (unpaired) electrons. The average Bonchev–Trinajstić information content (AvgIpc) is 1.83. The van der Waals surface area contributed by atoms with E-state index in [0.717, 1.165) is 0 Å². The summed E-state index contributed by atoms with van der Waals surface area (Å²) in [4.78, 5) is 17.6. The van der Waals surface area contributed by atoms with Crippen molar-refractivity contribution in [1.29, 1.82) is 0 Å². The Bertz CT molecular complexity index is 196. The van der Waals surface area contributed by atoms with Crippen LogP contribution >= 0.6 is 0 Å². The molecular formula is C4EuF6O4. The molecule has 0 N–H and O–H groups in total. The normalized spacial score (nSPS) is 10.5. The van der Waals surface area contributed by atoms with Gasteiger partial charge in [0.2, 0.25) is 0 Å². The van der Waals surface area contributed by atoms with Crippen molar-refractivity contribution in [3.63, 3.8) is 0 Å². The Morgan fingerprint density at radius 1 is 0.733 bits per heavy atom. The van der Waals surface area contributed by atoms with Crippen LogP contribution in [0.2, 0.25) is 0 Å². The largest absolute Gasteiger partial charge is 2.00 e. The number of halogens is 6. The van der Waals surface area contributed by atoms with Gasteiger partial charge in [0.25, 0.3) is 0 Å². The van der Waals surface area contributed by atoms with Gasteiger partial charge in [-0.15, -0.1) is 0 Å². The molecule has 0 saturated heterocycles. The fraction of sp³-hybridized carbons (Fsp3) is 0.500. The average molecular weight is 378 g/mol. The third kappa shape index (κ3) is 14.1. The van der Waals surface area contributed by atoms with Crippen molar-refractivity contribution in [2.75, 3.05) is 0 Å². The summed E-state index contributed by atoms with van der Waals surface area (Å²) in [5, 5.41) is 17.6. The number of carboxylic acid groups (broad SMARTS) is 2. The molecule has 4 nitrogen and oxygen atoms in total. The predicted molar refractivity (Wildman–Crippen MR) is 22.1 cm³/mol. The van der Waals surface area contributed by atoms with Crippen LogP contribution in [0.5, 0.6) is 0 Å². The second-order valence-electron chi connectivity index (χ2n) is 1.57. The van der Waals surface area contributed by atoms with Gasteiger partial charge in [-0.2, -0.15) is 26.3 Å². The molecule has 0 aliphatic heterocycles. The maximum absolute atomic E-state index is 10.5. The number of carbonyl (C=O) groups is 2. The van der Waals surface area contributed by atoms with Crippen LogP contribution in [0.3, 0.4) is 0 Å². The molecule has 0 aromatic rings. The molecule has 0 spiro atoms. The van der Waals surface area contributed by atoms with E-state index in [1.165, 1.54) is 0 Å². The van der Waals surface area contributed by atoms with Gasteiger partial charge in [-0.05, 0) is 0 Å². The summed E-state index contributed by atoms with van der Waals surface area (Å²) < 4.78 is 63.1. The van der Waals surface area contributed by atoms with Crippen LogP contribution in [0.15, 0.2) is 0 Å². The second-order valence-corrected chi connectivity index (χ2v) is 1.57. The van der Waals surface area contributed by atoms with Crippen molar-refractivity contribution in [3.05, 3.63) is 0 Å². The molecule has 0 atom stereocenters. The number of hydrogen-bond acceptors (Lipinski definition) is 4. The van der Waals surface area contributed by atoms with Gasteiger partial charge in [0, 0.05) is 0 Å². The molecule has 0 rings (SSSR count). The summed E-state index contributed by atoms with van der Waals surface area (Å²) in [7, 11) is 0. The van der Waals surface area contributed by atoms with Crippen molar-refractivity contribution in [2.45, 2.75) is 12.4 Å². The molecule has 0 aliphatic rings. The molecule has 0 aromatic carbocycles. The van der Waals surface area contributed by atoms with Crippen molar-refractivity contribution < 1.29 is 95.5 Å². The minimum atomic E-state index is -5.19. The zero-order chi connectivity index (χ0) is 12.2. The molecule has 0 aromatic heterocycles. The van der Waals surface area contributed by atoms with Crippen LogP contribution in [-0.4, -0.2) is 24.3 Å². The van der Waals surface area contributed by atoms with Gasteiger partial charge >= 0.3 is 61.7 Å². The third-order valence-corrected chi connectivity index (χ3v) is 0.463. The van der Waals surface area contributed by atoms with E-state index in [-0.39, 0.29) is 49.4 Å². The molecule has 0 saturated carbocycles. The molecule has 0 unspecified atom stereocenters. The number of rotatable bonds is 0. The Labute approximate surface area is 119 Å². The first-order valence-corrected chi connectivity index (χ1v) is 2.45. The van der Waals surface area contributed by atoms with Gasteiger partial charge in [-0.3, -0.25) is 0 Å². The van der Waals surface area contributed by atoms with Gasteiger partial charge in [-0.1, -0.05) is 0 Å². The Kier molecular flexibility index (Phi) is 10.1. The SMILES string of the molecule is O=C([O-])C(F)(F)F.O=C([O-])C(F)(F)F.[Eu+2]. The maximum atomic E-state index is 10.5. The fourth-order valence-electron chi connectivity index (χ4n) is 0. The summed E-state index contributed by atoms with van der Waals surface area (Å²) in [6.45, 7) is 0. The second kappa shape index (κ2) is 7.39. The summed E-state index contributed by atoms with van der Waals surface area (Å²) in [5.41, 5.74) is 0. The molecule has 0 heterocycles. The van der Waals surface area contributed by atoms with Crippen molar-refractivity contribution in [3.8, 4) is 0 Å². The van der Waals surface area contributed by atoms with E-state index in [1.54, 1.807) is 0 Å². The summed E-state index contributed by atoms with van der Waals surface area (Å²) in [6, 6.07) is 0. The van der Waals surface area contributed by atoms with E-state index in [2.05, 4.69) is 0 Å². The molecule has 89 valence electrons. The van der Waals surface area contributed by atoms with Gasteiger partial charge in [0.15, 0.2) is 0 Å². The van der Waals surface area contributed by atoms with Crippen LogP contribution in [0.25, 0.3) is 0 Å². The van der Waals surface area contributed by atoms with E-state index in [1.807, 2.05) is 0 Å². The third-order valence-electron chi connectivity index (χ3n) is 0.463. The Balaban J connectivity index is -0.000000180. The molecule has 0 bridgehead atoms. The Hall–Kier alpha value is 0.104. The van der Waals surface area contributed by atoms with Crippen LogP contribution in [0.1, 0.15) is 0 Å².